The van der Waals surface area contributed by atoms with Crippen molar-refractivity contribution in [3.63, 3.8) is 0 Å². The highest BCUT2D eigenvalue weighted by Crippen LogP contribution is 2.25. The number of hydrogen-bond acceptors (Lipinski definition) is 3. The summed E-state index contributed by atoms with van der Waals surface area (Å²) >= 11 is 0. The average Bonchev–Trinajstić information content (AvgIpc) is 2.38. The van der Waals surface area contributed by atoms with Gasteiger partial charge < -0.3 is 15.5 Å². The van der Waals surface area contributed by atoms with Crippen molar-refractivity contribution in [2.45, 2.75) is 19.1 Å². The first kappa shape index (κ1) is 11.6. The van der Waals surface area contributed by atoms with E-state index in [9.17, 15) is 14.7 Å². The monoisotopic (exact) mass is 235 g/mol. The molecule has 1 aromatic carbocycles. The van der Waals surface area contributed by atoms with Gasteiger partial charge in [-0.1, -0.05) is 24.3 Å². The van der Waals surface area contributed by atoms with Crippen LogP contribution in [0.2, 0.25) is 0 Å². The van der Waals surface area contributed by atoms with E-state index >= 15 is 0 Å². The Labute approximate surface area is 98.1 Å². The molecule has 0 saturated carbocycles. The van der Waals surface area contributed by atoms with Crippen molar-refractivity contribution < 1.29 is 19.8 Å². The molecule has 1 amide bonds. The first-order valence-electron chi connectivity index (χ1n) is 5.36. The van der Waals surface area contributed by atoms with Crippen LogP contribution in [-0.2, 0) is 16.0 Å². The fraction of sp³-hybridized carbons (Fsp3) is 0.333. The normalized spacial score (nSPS) is 23.5. The molecule has 5 nitrogen and oxygen atoms in total. The highest BCUT2D eigenvalue weighted by Gasteiger charge is 2.29. The number of carboxylic acid groups (broad SMARTS) is 1. The first-order chi connectivity index (χ1) is 8.08. The highest BCUT2D eigenvalue weighted by molar-refractivity contribution is 5.84. The number of rotatable bonds is 2. The molecule has 0 radical (unpaired) electrons. The Morgan fingerprint density at radius 1 is 1.41 bits per heavy atom. The molecule has 90 valence electrons. The summed E-state index contributed by atoms with van der Waals surface area (Å²) in [4.78, 5) is 22.4. The Bertz CT molecular complexity index is 458. The Kier molecular flexibility index (Phi) is 3.10. The van der Waals surface area contributed by atoms with Crippen LogP contribution in [0.1, 0.15) is 23.8 Å². The minimum absolute atomic E-state index is 0.229. The molecule has 1 aliphatic heterocycles. The number of aliphatic hydroxyl groups is 1. The van der Waals surface area contributed by atoms with Gasteiger partial charge in [-0.05, 0) is 12.0 Å². The van der Waals surface area contributed by atoms with E-state index in [1.165, 1.54) is 0 Å². The maximum absolute atomic E-state index is 11.7. The quantitative estimate of drug-likeness (QED) is 0.694. The summed E-state index contributed by atoms with van der Waals surface area (Å²) in [5.74, 6) is -2.07. The molecule has 2 atom stereocenters. The lowest BCUT2D eigenvalue weighted by Crippen LogP contribution is -2.33. The third-order valence-electron chi connectivity index (χ3n) is 2.89. The Balaban J connectivity index is 2.31. The number of carbonyl (C=O) groups excluding carboxylic acids is 1. The van der Waals surface area contributed by atoms with E-state index in [1.807, 2.05) is 0 Å². The predicted octanol–water partition coefficient (Wildman–Crippen LogP) is 0.441. The van der Waals surface area contributed by atoms with E-state index < -0.39 is 24.0 Å². The lowest BCUT2D eigenvalue weighted by Gasteiger charge is -2.12. The van der Waals surface area contributed by atoms with E-state index in [0.29, 0.717) is 12.0 Å². The SMILES string of the molecule is O=C(O)CC1Cc2ccccc2C(O)NC1=O. The van der Waals surface area contributed by atoms with E-state index in [1.54, 1.807) is 24.3 Å². The van der Waals surface area contributed by atoms with Gasteiger partial charge in [0.15, 0.2) is 6.23 Å². The summed E-state index contributed by atoms with van der Waals surface area (Å²) in [5, 5.41) is 20.9. The largest absolute Gasteiger partial charge is 0.481 e. The minimum atomic E-state index is -1.06. The van der Waals surface area contributed by atoms with E-state index in [2.05, 4.69) is 5.32 Å². The summed E-state index contributed by atoms with van der Waals surface area (Å²) in [6.07, 6.45) is -0.948. The minimum Gasteiger partial charge on any atom is -0.481 e. The maximum Gasteiger partial charge on any atom is 0.304 e. The number of hydrogen-bond donors (Lipinski definition) is 3. The van der Waals surface area contributed by atoms with Gasteiger partial charge in [-0.2, -0.15) is 0 Å². The second kappa shape index (κ2) is 4.55. The molecule has 3 N–H and O–H groups in total. The zero-order valence-corrected chi connectivity index (χ0v) is 9.09. The molecule has 0 fully saturated rings. The number of aliphatic hydroxyl groups excluding tert-OH is 1. The molecule has 0 aromatic heterocycles. The standard InChI is InChI=1S/C12H13NO4/c14-10(15)6-8-5-7-3-1-2-4-9(7)12(17)13-11(8)16/h1-4,8,12,17H,5-6H2,(H,13,16)(H,14,15). The van der Waals surface area contributed by atoms with Crippen molar-refractivity contribution in [1.29, 1.82) is 0 Å². The van der Waals surface area contributed by atoms with Crippen molar-refractivity contribution in [2.24, 2.45) is 5.92 Å². The zero-order valence-electron chi connectivity index (χ0n) is 9.09. The van der Waals surface area contributed by atoms with Crippen LogP contribution in [0.4, 0.5) is 0 Å². The van der Waals surface area contributed by atoms with Gasteiger partial charge in [-0.15, -0.1) is 0 Å². The summed E-state index contributed by atoms with van der Waals surface area (Å²) in [7, 11) is 0. The van der Waals surface area contributed by atoms with Gasteiger partial charge in [0.25, 0.3) is 0 Å². The first-order valence-corrected chi connectivity index (χ1v) is 5.36. The lowest BCUT2D eigenvalue weighted by molar-refractivity contribution is -0.141. The Hall–Kier alpha value is -1.88. The molecule has 1 aliphatic rings. The van der Waals surface area contributed by atoms with Crippen molar-refractivity contribution in [3.05, 3.63) is 35.4 Å². The molecule has 17 heavy (non-hydrogen) atoms. The fourth-order valence-corrected chi connectivity index (χ4v) is 2.05. The van der Waals surface area contributed by atoms with Crippen molar-refractivity contribution in [3.8, 4) is 0 Å². The molecular formula is C12H13NO4. The lowest BCUT2D eigenvalue weighted by atomic mass is 9.94. The number of carboxylic acids is 1. The van der Waals surface area contributed by atoms with Crippen LogP contribution in [0, 0.1) is 5.92 Å². The smallest absolute Gasteiger partial charge is 0.304 e. The second-order valence-electron chi connectivity index (χ2n) is 4.11. The predicted molar refractivity (Wildman–Crippen MR) is 59.0 cm³/mol. The van der Waals surface area contributed by atoms with Crippen LogP contribution in [-0.4, -0.2) is 22.1 Å². The van der Waals surface area contributed by atoms with E-state index in [4.69, 9.17) is 5.11 Å². The number of nitrogens with one attached hydrogen (secondary N) is 1. The van der Waals surface area contributed by atoms with Crippen molar-refractivity contribution in [1.82, 2.24) is 5.32 Å². The average molecular weight is 235 g/mol. The highest BCUT2D eigenvalue weighted by atomic mass is 16.4. The number of benzene rings is 1. The molecule has 0 saturated heterocycles. The summed E-state index contributed by atoms with van der Waals surface area (Å²) in [6, 6.07) is 7.10. The van der Waals surface area contributed by atoms with Gasteiger partial charge in [0.05, 0.1) is 12.3 Å². The van der Waals surface area contributed by atoms with Crippen molar-refractivity contribution >= 4 is 11.9 Å². The van der Waals surface area contributed by atoms with E-state index in [-0.39, 0.29) is 6.42 Å². The molecule has 5 heteroatoms. The molecular weight excluding hydrogens is 222 g/mol. The Morgan fingerprint density at radius 3 is 2.82 bits per heavy atom. The van der Waals surface area contributed by atoms with Crippen LogP contribution in [0.3, 0.4) is 0 Å². The Morgan fingerprint density at radius 2 is 2.12 bits per heavy atom. The molecule has 1 heterocycles. The van der Waals surface area contributed by atoms with Crippen LogP contribution < -0.4 is 5.32 Å². The third kappa shape index (κ3) is 2.45. The molecule has 2 rings (SSSR count). The molecule has 0 aliphatic carbocycles. The van der Waals surface area contributed by atoms with Crippen LogP contribution in [0.25, 0.3) is 0 Å². The van der Waals surface area contributed by atoms with Gasteiger partial charge in [0.1, 0.15) is 0 Å². The van der Waals surface area contributed by atoms with Crippen LogP contribution in [0.15, 0.2) is 24.3 Å². The molecule has 2 unspecified atom stereocenters. The maximum atomic E-state index is 11.7. The van der Waals surface area contributed by atoms with Gasteiger partial charge in [0.2, 0.25) is 5.91 Å². The summed E-state index contributed by atoms with van der Waals surface area (Å²) in [6.45, 7) is 0. The zero-order chi connectivity index (χ0) is 12.4. The summed E-state index contributed by atoms with van der Waals surface area (Å²) in [5.41, 5.74) is 1.44. The van der Waals surface area contributed by atoms with Crippen LogP contribution in [0.5, 0.6) is 0 Å². The number of aliphatic carboxylic acids is 1. The summed E-state index contributed by atoms with van der Waals surface area (Å²) < 4.78 is 0. The molecule has 1 aromatic rings. The third-order valence-corrected chi connectivity index (χ3v) is 2.89. The number of fused-ring (bicyclic) bond motifs is 1. The van der Waals surface area contributed by atoms with Gasteiger partial charge >= 0.3 is 5.97 Å². The second-order valence-corrected chi connectivity index (χ2v) is 4.11. The van der Waals surface area contributed by atoms with Crippen molar-refractivity contribution in [2.75, 3.05) is 0 Å². The van der Waals surface area contributed by atoms with E-state index in [0.717, 1.165) is 5.56 Å². The number of carbonyl (C=O) groups is 2. The number of amides is 1. The molecule has 0 bridgehead atoms. The van der Waals surface area contributed by atoms with Gasteiger partial charge in [-0.25, -0.2) is 0 Å². The van der Waals surface area contributed by atoms with Crippen LogP contribution >= 0.6 is 0 Å². The molecule has 0 spiro atoms. The van der Waals surface area contributed by atoms with Gasteiger partial charge in [0, 0.05) is 5.56 Å². The fourth-order valence-electron chi connectivity index (χ4n) is 2.05. The van der Waals surface area contributed by atoms with Gasteiger partial charge in [-0.3, -0.25) is 9.59 Å². The topological polar surface area (TPSA) is 86.6 Å².